The zero-order valence-electron chi connectivity index (χ0n) is 12.4. The number of nitrogens with zero attached hydrogens (tertiary/aromatic N) is 4. The Morgan fingerprint density at radius 1 is 1.35 bits per heavy atom. The zero-order valence-corrected chi connectivity index (χ0v) is 13.2. The molecule has 0 bridgehead atoms. The minimum Gasteiger partial charge on any atom is -0.307 e. The maximum Gasteiger partial charge on any atom is 0.168 e. The maximum atomic E-state index is 4.24. The lowest BCUT2D eigenvalue weighted by Gasteiger charge is -2.19. The Kier molecular flexibility index (Phi) is 5.67. The van der Waals surface area contributed by atoms with E-state index in [0.717, 1.165) is 31.6 Å². The molecule has 2 heterocycles. The Morgan fingerprint density at radius 2 is 2.20 bits per heavy atom. The van der Waals surface area contributed by atoms with E-state index in [9.17, 15) is 0 Å². The van der Waals surface area contributed by atoms with E-state index in [1.54, 1.807) is 11.3 Å². The molecule has 2 atom stereocenters. The van der Waals surface area contributed by atoms with E-state index in [1.807, 2.05) is 4.68 Å². The van der Waals surface area contributed by atoms with Gasteiger partial charge in [0.25, 0.3) is 0 Å². The topological polar surface area (TPSA) is 55.6 Å². The van der Waals surface area contributed by atoms with Crippen molar-refractivity contribution in [3.05, 3.63) is 28.2 Å². The van der Waals surface area contributed by atoms with Gasteiger partial charge in [0.15, 0.2) is 5.82 Å². The van der Waals surface area contributed by atoms with Crippen molar-refractivity contribution in [1.29, 1.82) is 0 Å². The predicted molar refractivity (Wildman–Crippen MR) is 81.9 cm³/mol. The lowest BCUT2D eigenvalue weighted by molar-refractivity contribution is 0.430. The van der Waals surface area contributed by atoms with Gasteiger partial charge in [0.1, 0.15) is 0 Å². The minimum atomic E-state index is 0.171. The van der Waals surface area contributed by atoms with Crippen molar-refractivity contribution in [3.63, 3.8) is 0 Å². The Labute approximate surface area is 124 Å². The highest BCUT2D eigenvalue weighted by atomic mass is 32.1. The second kappa shape index (κ2) is 7.50. The average molecular weight is 293 g/mol. The molecule has 110 valence electrons. The van der Waals surface area contributed by atoms with E-state index in [1.165, 1.54) is 4.88 Å². The molecule has 0 aliphatic heterocycles. The molecular formula is C14H23N5S. The van der Waals surface area contributed by atoms with Gasteiger partial charge in [-0.3, -0.25) is 0 Å². The Balaban J connectivity index is 2.23. The first-order valence-corrected chi connectivity index (χ1v) is 8.20. The third-order valence-electron chi connectivity index (χ3n) is 3.34. The van der Waals surface area contributed by atoms with E-state index in [0.29, 0.717) is 0 Å². The van der Waals surface area contributed by atoms with Crippen molar-refractivity contribution < 1.29 is 0 Å². The second-order valence-corrected chi connectivity index (χ2v) is 5.96. The molecule has 0 aromatic carbocycles. The van der Waals surface area contributed by atoms with Crippen LogP contribution in [0.1, 0.15) is 62.8 Å². The summed E-state index contributed by atoms with van der Waals surface area (Å²) in [5, 5.41) is 17.9. The molecule has 2 aromatic rings. The first-order valence-electron chi connectivity index (χ1n) is 7.32. The molecule has 0 aliphatic rings. The van der Waals surface area contributed by atoms with E-state index < -0.39 is 0 Å². The smallest absolute Gasteiger partial charge is 0.168 e. The van der Waals surface area contributed by atoms with Crippen molar-refractivity contribution in [2.45, 2.75) is 52.1 Å². The Bertz CT molecular complexity index is 493. The summed E-state index contributed by atoms with van der Waals surface area (Å²) in [5.41, 5.74) is 0. The summed E-state index contributed by atoms with van der Waals surface area (Å²) >= 11 is 1.77. The third kappa shape index (κ3) is 3.43. The van der Waals surface area contributed by atoms with Gasteiger partial charge in [0.05, 0.1) is 12.1 Å². The van der Waals surface area contributed by atoms with Crippen LogP contribution in [-0.2, 0) is 0 Å². The van der Waals surface area contributed by atoms with Crippen molar-refractivity contribution >= 4 is 11.3 Å². The molecular weight excluding hydrogens is 270 g/mol. The van der Waals surface area contributed by atoms with Gasteiger partial charge in [-0.1, -0.05) is 26.3 Å². The first-order chi connectivity index (χ1) is 9.77. The maximum absolute atomic E-state index is 4.24. The second-order valence-electron chi connectivity index (χ2n) is 4.98. The normalized spacial score (nSPS) is 14.3. The largest absolute Gasteiger partial charge is 0.307 e. The average Bonchev–Trinajstić information content (AvgIpc) is 3.13. The number of nitrogens with one attached hydrogen (secondary N) is 1. The van der Waals surface area contributed by atoms with E-state index >= 15 is 0 Å². The number of hydrogen-bond donors (Lipinski definition) is 1. The fourth-order valence-electron chi connectivity index (χ4n) is 2.30. The molecule has 6 heteroatoms. The SMILES string of the molecule is CCCNC(C)c1nnnn1C(CCC)c1cccs1. The van der Waals surface area contributed by atoms with Gasteiger partial charge >= 0.3 is 0 Å². The zero-order chi connectivity index (χ0) is 14.4. The van der Waals surface area contributed by atoms with Crippen molar-refractivity contribution in [2.75, 3.05) is 6.54 Å². The fraction of sp³-hybridized carbons (Fsp3) is 0.643. The summed E-state index contributed by atoms with van der Waals surface area (Å²) in [4.78, 5) is 1.32. The third-order valence-corrected chi connectivity index (χ3v) is 4.31. The molecule has 0 amide bonds. The molecule has 2 unspecified atom stereocenters. The summed E-state index contributed by atoms with van der Waals surface area (Å²) in [5.74, 6) is 0.922. The van der Waals surface area contributed by atoms with Crippen LogP contribution >= 0.6 is 11.3 Å². The molecule has 0 aliphatic carbocycles. The molecule has 2 rings (SSSR count). The van der Waals surface area contributed by atoms with E-state index in [4.69, 9.17) is 0 Å². The summed E-state index contributed by atoms with van der Waals surface area (Å²) in [6.07, 6.45) is 3.27. The van der Waals surface area contributed by atoms with Crippen LogP contribution in [0.5, 0.6) is 0 Å². The van der Waals surface area contributed by atoms with E-state index in [2.05, 4.69) is 59.1 Å². The van der Waals surface area contributed by atoms with Crippen LogP contribution < -0.4 is 5.32 Å². The highest BCUT2D eigenvalue weighted by molar-refractivity contribution is 7.10. The van der Waals surface area contributed by atoms with Gasteiger partial charge in [-0.2, -0.15) is 0 Å². The summed E-state index contributed by atoms with van der Waals surface area (Å²) in [7, 11) is 0. The monoisotopic (exact) mass is 293 g/mol. The van der Waals surface area contributed by atoms with Gasteiger partial charge in [-0.15, -0.1) is 16.4 Å². The summed E-state index contributed by atoms with van der Waals surface area (Å²) < 4.78 is 1.99. The standard InChI is InChI=1S/C14H23N5S/c1-4-7-12(13-8-6-10-20-13)19-14(16-17-18-19)11(3)15-9-5-2/h6,8,10-12,15H,4-5,7,9H2,1-3H3. The molecule has 20 heavy (non-hydrogen) atoms. The van der Waals surface area contributed by atoms with Crippen molar-refractivity contribution in [3.8, 4) is 0 Å². The Hall–Kier alpha value is -1.27. The molecule has 0 saturated carbocycles. The first kappa shape index (κ1) is 15.1. The van der Waals surface area contributed by atoms with E-state index in [-0.39, 0.29) is 12.1 Å². The minimum absolute atomic E-state index is 0.171. The molecule has 0 spiro atoms. The highest BCUT2D eigenvalue weighted by Crippen LogP contribution is 2.28. The summed E-state index contributed by atoms with van der Waals surface area (Å²) in [6, 6.07) is 4.67. The quantitative estimate of drug-likeness (QED) is 0.812. The highest BCUT2D eigenvalue weighted by Gasteiger charge is 2.22. The van der Waals surface area contributed by atoms with Crippen LogP contribution in [0.3, 0.4) is 0 Å². The van der Waals surface area contributed by atoms with Crippen molar-refractivity contribution in [2.24, 2.45) is 0 Å². The van der Waals surface area contributed by atoms with Crippen molar-refractivity contribution in [1.82, 2.24) is 25.5 Å². The van der Waals surface area contributed by atoms with Gasteiger partial charge in [-0.25, -0.2) is 4.68 Å². The number of hydrogen-bond acceptors (Lipinski definition) is 5. The lowest BCUT2D eigenvalue weighted by Crippen LogP contribution is -2.25. The summed E-state index contributed by atoms with van der Waals surface area (Å²) in [6.45, 7) is 7.46. The number of aromatic nitrogens is 4. The van der Waals surface area contributed by atoms with Crippen LogP contribution in [-0.4, -0.2) is 26.8 Å². The van der Waals surface area contributed by atoms with Gasteiger partial charge in [0.2, 0.25) is 0 Å². The van der Waals surface area contributed by atoms with Crippen LogP contribution in [0.15, 0.2) is 17.5 Å². The number of tetrazole rings is 1. The predicted octanol–water partition coefficient (Wildman–Crippen LogP) is 3.18. The molecule has 0 saturated heterocycles. The van der Waals surface area contributed by atoms with Gasteiger partial charge in [0, 0.05) is 4.88 Å². The van der Waals surface area contributed by atoms with Gasteiger partial charge < -0.3 is 5.32 Å². The lowest BCUT2D eigenvalue weighted by atomic mass is 10.1. The van der Waals surface area contributed by atoms with Crippen LogP contribution in [0.2, 0.25) is 0 Å². The molecule has 0 fully saturated rings. The number of rotatable bonds is 8. The number of thiophene rings is 1. The molecule has 5 nitrogen and oxygen atoms in total. The molecule has 0 radical (unpaired) electrons. The van der Waals surface area contributed by atoms with Crippen LogP contribution in [0.4, 0.5) is 0 Å². The van der Waals surface area contributed by atoms with Crippen LogP contribution in [0, 0.1) is 0 Å². The fourth-order valence-corrected chi connectivity index (χ4v) is 3.15. The molecule has 1 N–H and O–H groups in total. The van der Waals surface area contributed by atoms with Gasteiger partial charge in [-0.05, 0) is 48.2 Å². The molecule has 2 aromatic heterocycles. The Morgan fingerprint density at radius 3 is 2.85 bits per heavy atom. The van der Waals surface area contributed by atoms with Crippen LogP contribution in [0.25, 0.3) is 0 Å².